The summed E-state index contributed by atoms with van der Waals surface area (Å²) in [7, 11) is 0. The fourth-order valence-electron chi connectivity index (χ4n) is 7.11. The Morgan fingerprint density at radius 1 is 0.957 bits per heavy atom. The van der Waals surface area contributed by atoms with Crippen molar-refractivity contribution in [2.24, 2.45) is 17.8 Å². The molecule has 0 unspecified atom stereocenters. The molecule has 2 saturated carbocycles. The van der Waals surface area contributed by atoms with Gasteiger partial charge in [-0.15, -0.1) is 0 Å². The summed E-state index contributed by atoms with van der Waals surface area (Å²) in [6.45, 7) is 2.84. The van der Waals surface area contributed by atoms with Crippen LogP contribution in [0.2, 0.25) is 0 Å². The molecule has 12 heteroatoms. The number of halogens is 3. The van der Waals surface area contributed by atoms with Crippen LogP contribution in [0.3, 0.4) is 0 Å². The van der Waals surface area contributed by atoms with Crippen molar-refractivity contribution in [2.45, 2.75) is 109 Å². The quantitative estimate of drug-likeness (QED) is 0.213. The van der Waals surface area contributed by atoms with E-state index in [9.17, 15) is 23.2 Å². The van der Waals surface area contributed by atoms with Crippen LogP contribution in [0, 0.1) is 23.6 Å². The number of anilines is 1. The van der Waals surface area contributed by atoms with Gasteiger partial charge >= 0.3 is 0 Å². The van der Waals surface area contributed by atoms with Crippen LogP contribution in [-0.2, 0) is 9.59 Å². The highest BCUT2D eigenvalue weighted by Crippen LogP contribution is 2.42. The average Bonchev–Trinajstić information content (AvgIpc) is 3.56. The first-order valence-electron chi connectivity index (χ1n) is 16.6. The Balaban J connectivity index is 1.59. The molecule has 2 fully saturated rings. The monoisotopic (exact) mass is 647 g/mol. The van der Waals surface area contributed by atoms with Gasteiger partial charge in [-0.3, -0.25) is 19.1 Å². The van der Waals surface area contributed by atoms with Crippen LogP contribution in [0.5, 0.6) is 0 Å². The first kappa shape index (κ1) is 35.4. The SMILES string of the molecule is CC(C)n1nccc1C(=O)N[C@H](C(=O)Nc1ccc([C@H](C)C(=O)NCC(F)(F)CO)cc1F)C(C1CCCCC1)C1CCCCC1. The van der Waals surface area contributed by atoms with Gasteiger partial charge in [-0.1, -0.05) is 70.3 Å². The Morgan fingerprint density at radius 2 is 1.57 bits per heavy atom. The number of amides is 3. The van der Waals surface area contributed by atoms with Crippen LogP contribution in [0.1, 0.15) is 113 Å². The van der Waals surface area contributed by atoms with Crippen LogP contribution >= 0.6 is 0 Å². The number of nitrogens with zero attached hydrogens (tertiary/aromatic N) is 2. The van der Waals surface area contributed by atoms with Crippen molar-refractivity contribution in [1.82, 2.24) is 20.4 Å². The summed E-state index contributed by atoms with van der Waals surface area (Å²) in [5.41, 5.74) is 0.471. The summed E-state index contributed by atoms with van der Waals surface area (Å²) >= 11 is 0. The number of aliphatic hydroxyl groups excluding tert-OH is 1. The van der Waals surface area contributed by atoms with Crippen LogP contribution in [0.4, 0.5) is 18.9 Å². The van der Waals surface area contributed by atoms with E-state index in [0.29, 0.717) is 5.69 Å². The maximum absolute atomic E-state index is 15.5. The van der Waals surface area contributed by atoms with Gasteiger partial charge in [-0.25, -0.2) is 13.2 Å². The van der Waals surface area contributed by atoms with Gasteiger partial charge in [0.05, 0.1) is 18.2 Å². The highest BCUT2D eigenvalue weighted by molar-refractivity contribution is 6.01. The molecule has 1 heterocycles. The molecule has 1 aromatic heterocycles. The van der Waals surface area contributed by atoms with E-state index in [1.165, 1.54) is 19.1 Å². The van der Waals surface area contributed by atoms with E-state index >= 15 is 4.39 Å². The molecular weight excluding hydrogens is 599 g/mol. The number of benzene rings is 1. The van der Waals surface area contributed by atoms with E-state index in [1.807, 2.05) is 13.8 Å². The van der Waals surface area contributed by atoms with E-state index in [-0.39, 0.29) is 35.0 Å². The highest BCUT2D eigenvalue weighted by Gasteiger charge is 2.41. The molecule has 46 heavy (non-hydrogen) atoms. The molecule has 254 valence electrons. The van der Waals surface area contributed by atoms with Crippen molar-refractivity contribution in [2.75, 3.05) is 18.5 Å². The topological polar surface area (TPSA) is 125 Å². The van der Waals surface area contributed by atoms with E-state index in [1.54, 1.807) is 16.9 Å². The number of aromatic nitrogens is 2. The first-order chi connectivity index (χ1) is 21.9. The standard InChI is InChI=1S/C34H48F3N5O4/c1-21(2)42-28(16-17-39-42)32(45)41-30(29(23-10-6-4-7-11-23)24-12-8-5-9-13-24)33(46)40-27-15-14-25(18-26(27)35)22(3)31(44)38-19-34(36,37)20-43/h14-18,21-24,29-30,43H,4-13,19-20H2,1-3H3,(H,38,44)(H,40,46)(H,41,45)/t22-,30-/m0/s1. The van der Waals surface area contributed by atoms with Gasteiger partial charge in [0.1, 0.15) is 24.2 Å². The van der Waals surface area contributed by atoms with Crippen molar-refractivity contribution < 1.29 is 32.7 Å². The molecule has 2 aromatic rings. The summed E-state index contributed by atoms with van der Waals surface area (Å²) in [6.07, 6.45) is 12.0. The Bertz CT molecular complexity index is 1320. The van der Waals surface area contributed by atoms with Crippen molar-refractivity contribution in [3.8, 4) is 0 Å². The van der Waals surface area contributed by atoms with E-state index in [0.717, 1.165) is 70.3 Å². The van der Waals surface area contributed by atoms with Gasteiger partial charge in [0.2, 0.25) is 11.8 Å². The summed E-state index contributed by atoms with van der Waals surface area (Å²) < 4.78 is 43.9. The Kier molecular flexibility index (Phi) is 12.3. The molecule has 4 N–H and O–H groups in total. The van der Waals surface area contributed by atoms with Gasteiger partial charge in [-0.2, -0.15) is 5.10 Å². The predicted octanol–water partition coefficient (Wildman–Crippen LogP) is 5.96. The molecule has 0 saturated heterocycles. The molecule has 9 nitrogen and oxygen atoms in total. The average molecular weight is 648 g/mol. The van der Waals surface area contributed by atoms with E-state index in [4.69, 9.17) is 5.11 Å². The van der Waals surface area contributed by atoms with Gasteiger partial charge in [0.15, 0.2) is 0 Å². The summed E-state index contributed by atoms with van der Waals surface area (Å²) in [4.78, 5) is 40.4. The third-order valence-corrected chi connectivity index (χ3v) is 9.63. The van der Waals surface area contributed by atoms with Crippen molar-refractivity contribution in [1.29, 1.82) is 0 Å². The zero-order chi connectivity index (χ0) is 33.4. The van der Waals surface area contributed by atoms with Gasteiger partial charge in [-0.05, 0) is 62.3 Å². The maximum Gasteiger partial charge on any atom is 0.287 e. The fraction of sp³-hybridized carbons (Fsp3) is 0.647. The molecule has 0 spiro atoms. The second-order valence-corrected chi connectivity index (χ2v) is 13.3. The second-order valence-electron chi connectivity index (χ2n) is 13.3. The van der Waals surface area contributed by atoms with Gasteiger partial charge in [0, 0.05) is 12.2 Å². The largest absolute Gasteiger partial charge is 0.390 e. The molecule has 0 aliphatic heterocycles. The lowest BCUT2D eigenvalue weighted by atomic mass is 9.66. The molecule has 2 aliphatic rings. The molecule has 2 aliphatic carbocycles. The minimum Gasteiger partial charge on any atom is -0.390 e. The smallest absolute Gasteiger partial charge is 0.287 e. The lowest BCUT2D eigenvalue weighted by Crippen LogP contribution is -2.53. The lowest BCUT2D eigenvalue weighted by Gasteiger charge is -2.42. The number of rotatable bonds is 13. The third kappa shape index (κ3) is 8.89. The molecule has 2 atom stereocenters. The van der Waals surface area contributed by atoms with Crippen LogP contribution < -0.4 is 16.0 Å². The number of alkyl halides is 2. The minimum absolute atomic E-state index is 0.0706. The van der Waals surface area contributed by atoms with Gasteiger partial charge in [0.25, 0.3) is 11.8 Å². The zero-order valence-corrected chi connectivity index (χ0v) is 27.0. The number of carbonyl (C=O) groups is 3. The molecule has 1 aromatic carbocycles. The minimum atomic E-state index is -3.47. The van der Waals surface area contributed by atoms with Crippen LogP contribution in [0.25, 0.3) is 0 Å². The Morgan fingerprint density at radius 3 is 2.11 bits per heavy atom. The van der Waals surface area contributed by atoms with Crippen molar-refractivity contribution in [3.63, 3.8) is 0 Å². The third-order valence-electron chi connectivity index (χ3n) is 9.63. The number of aliphatic hydroxyl groups is 1. The summed E-state index contributed by atoms with van der Waals surface area (Å²) in [6, 6.07) is 4.55. The van der Waals surface area contributed by atoms with E-state index < -0.39 is 54.6 Å². The van der Waals surface area contributed by atoms with E-state index in [2.05, 4.69) is 21.0 Å². The molecule has 4 rings (SSSR count). The summed E-state index contributed by atoms with van der Waals surface area (Å²) in [5, 5.41) is 20.9. The lowest BCUT2D eigenvalue weighted by molar-refractivity contribution is -0.125. The predicted molar refractivity (Wildman–Crippen MR) is 169 cm³/mol. The summed E-state index contributed by atoms with van der Waals surface area (Å²) in [5.74, 6) is -6.53. The Labute approximate surface area is 269 Å². The highest BCUT2D eigenvalue weighted by atomic mass is 19.3. The number of hydrogen-bond donors (Lipinski definition) is 4. The number of carbonyl (C=O) groups excluding carboxylic acids is 3. The Hall–Kier alpha value is -3.41. The molecule has 0 bridgehead atoms. The molecule has 3 amide bonds. The molecular formula is C34H48F3N5O4. The van der Waals surface area contributed by atoms with Crippen LogP contribution in [0.15, 0.2) is 30.5 Å². The van der Waals surface area contributed by atoms with Gasteiger partial charge < -0.3 is 21.1 Å². The maximum atomic E-state index is 15.5. The van der Waals surface area contributed by atoms with Crippen LogP contribution in [-0.4, -0.2) is 57.7 Å². The molecule has 0 radical (unpaired) electrons. The second kappa shape index (κ2) is 15.9. The van der Waals surface area contributed by atoms with Crippen molar-refractivity contribution >= 4 is 23.4 Å². The normalized spacial score (nSPS) is 17.9. The first-order valence-corrected chi connectivity index (χ1v) is 16.6. The number of nitrogens with one attached hydrogen (secondary N) is 3. The fourth-order valence-corrected chi connectivity index (χ4v) is 7.11. The number of hydrogen-bond acceptors (Lipinski definition) is 5. The van der Waals surface area contributed by atoms with Crippen molar-refractivity contribution in [3.05, 3.63) is 47.5 Å². The zero-order valence-electron chi connectivity index (χ0n) is 27.0.